The van der Waals surface area contributed by atoms with Crippen LogP contribution in [0.1, 0.15) is 367 Å². The zero-order valence-corrected chi connectivity index (χ0v) is 53.1. The monoisotopic (exact) mass is 1130 g/mol. The van der Waals surface area contributed by atoms with Crippen LogP contribution in [-0.4, -0.2) is 87.5 Å². The van der Waals surface area contributed by atoms with Gasteiger partial charge in [0.25, 0.3) is 0 Å². The first-order chi connectivity index (χ1) is 39.3. The molecule has 9 heteroatoms. The number of aliphatic hydroxyl groups is 5. The highest BCUT2D eigenvalue weighted by atomic mass is 16.7. The van der Waals surface area contributed by atoms with Crippen molar-refractivity contribution in [2.45, 2.75) is 410 Å². The first kappa shape index (κ1) is 76.7. The summed E-state index contributed by atoms with van der Waals surface area (Å²) in [7, 11) is 0. The fraction of sp³-hybridized carbons (Fsp3) is 0.930. The lowest BCUT2D eigenvalue weighted by Gasteiger charge is -2.40. The van der Waals surface area contributed by atoms with Crippen LogP contribution in [0.2, 0.25) is 0 Å². The SMILES string of the molecule is CCCCCCC/C=C\C/C=C\CCCCCCCCCCCCCCCCCC(=O)NC(COC1OC(CO)C(O)C(O)C1O)C(O)CCCCCCCCCCCCCCCCCCCCCCCCCCCCCCCC. The van der Waals surface area contributed by atoms with Gasteiger partial charge in [0, 0.05) is 6.42 Å². The Morgan fingerprint density at radius 2 is 0.738 bits per heavy atom. The summed E-state index contributed by atoms with van der Waals surface area (Å²) in [5.74, 6) is -0.137. The van der Waals surface area contributed by atoms with Gasteiger partial charge in [-0.05, 0) is 44.9 Å². The molecule has 80 heavy (non-hydrogen) atoms. The van der Waals surface area contributed by atoms with Crippen LogP contribution in [-0.2, 0) is 14.3 Å². The summed E-state index contributed by atoms with van der Waals surface area (Å²) in [4.78, 5) is 13.2. The van der Waals surface area contributed by atoms with Crippen LogP contribution in [0.25, 0.3) is 0 Å². The van der Waals surface area contributed by atoms with Gasteiger partial charge in [-0.3, -0.25) is 4.79 Å². The highest BCUT2D eigenvalue weighted by Crippen LogP contribution is 2.24. The predicted octanol–water partition coefficient (Wildman–Crippen LogP) is 19.3. The summed E-state index contributed by atoms with van der Waals surface area (Å²) in [6.07, 6.45) is 72.5. The van der Waals surface area contributed by atoms with Crippen molar-refractivity contribution in [3.63, 3.8) is 0 Å². The molecule has 1 heterocycles. The molecule has 0 saturated carbocycles. The summed E-state index contributed by atoms with van der Waals surface area (Å²) >= 11 is 0. The van der Waals surface area contributed by atoms with Gasteiger partial charge in [-0.2, -0.15) is 0 Å². The lowest BCUT2D eigenvalue weighted by molar-refractivity contribution is -0.302. The fourth-order valence-electron chi connectivity index (χ4n) is 11.7. The van der Waals surface area contributed by atoms with Crippen LogP contribution < -0.4 is 5.32 Å². The van der Waals surface area contributed by atoms with E-state index in [-0.39, 0.29) is 12.5 Å². The Hall–Kier alpha value is -1.33. The largest absolute Gasteiger partial charge is 0.394 e. The number of amides is 1. The number of unbranched alkanes of at least 4 members (excludes halogenated alkanes) is 49. The average molecular weight is 1130 g/mol. The molecule has 474 valence electrons. The second-order valence-corrected chi connectivity index (χ2v) is 25.0. The Labute approximate surface area is 496 Å². The summed E-state index contributed by atoms with van der Waals surface area (Å²) in [6.45, 7) is 3.89. The molecule has 7 unspecified atom stereocenters. The van der Waals surface area contributed by atoms with Crippen molar-refractivity contribution in [2.24, 2.45) is 0 Å². The first-order valence-corrected chi connectivity index (χ1v) is 35.5. The maximum absolute atomic E-state index is 13.2. The lowest BCUT2D eigenvalue weighted by Crippen LogP contribution is -2.60. The minimum Gasteiger partial charge on any atom is -0.394 e. The van der Waals surface area contributed by atoms with Gasteiger partial charge in [0.15, 0.2) is 6.29 Å². The molecule has 7 atom stereocenters. The number of rotatable bonds is 63. The molecular weight excluding hydrogens is 995 g/mol. The third kappa shape index (κ3) is 49.0. The third-order valence-electron chi connectivity index (χ3n) is 17.3. The molecule has 0 spiro atoms. The van der Waals surface area contributed by atoms with Crippen LogP contribution in [0, 0.1) is 0 Å². The summed E-state index contributed by atoms with van der Waals surface area (Å²) in [5.41, 5.74) is 0. The molecule has 0 aromatic heterocycles. The van der Waals surface area contributed by atoms with Gasteiger partial charge in [0.05, 0.1) is 25.4 Å². The van der Waals surface area contributed by atoms with Gasteiger partial charge in [0.2, 0.25) is 5.91 Å². The maximum Gasteiger partial charge on any atom is 0.220 e. The second kappa shape index (κ2) is 60.8. The van der Waals surface area contributed by atoms with Gasteiger partial charge in [-0.1, -0.05) is 340 Å². The highest BCUT2D eigenvalue weighted by molar-refractivity contribution is 5.76. The van der Waals surface area contributed by atoms with Gasteiger partial charge < -0.3 is 40.3 Å². The van der Waals surface area contributed by atoms with Gasteiger partial charge >= 0.3 is 0 Å². The number of carbonyl (C=O) groups is 1. The average Bonchev–Trinajstić information content (AvgIpc) is 3.46. The third-order valence-corrected chi connectivity index (χ3v) is 17.3. The molecule has 0 aromatic rings. The number of nitrogens with one attached hydrogen (secondary N) is 1. The summed E-state index contributed by atoms with van der Waals surface area (Å²) < 4.78 is 11.4. The van der Waals surface area contributed by atoms with E-state index in [1.807, 2.05) is 0 Å². The van der Waals surface area contributed by atoms with E-state index in [2.05, 4.69) is 43.5 Å². The Balaban J connectivity index is 2.10. The zero-order chi connectivity index (χ0) is 57.9. The van der Waals surface area contributed by atoms with Crippen molar-refractivity contribution in [1.82, 2.24) is 5.32 Å². The lowest BCUT2D eigenvalue weighted by atomic mass is 9.99. The normalized spacial score (nSPS) is 18.5. The minimum atomic E-state index is -1.55. The Morgan fingerprint density at radius 1 is 0.425 bits per heavy atom. The Bertz CT molecular complexity index is 1310. The molecule has 1 amide bonds. The molecule has 1 rings (SSSR count). The molecule has 1 fully saturated rings. The summed E-state index contributed by atoms with van der Waals surface area (Å²) in [6, 6.07) is -0.719. The van der Waals surface area contributed by atoms with E-state index in [1.165, 1.54) is 295 Å². The van der Waals surface area contributed by atoms with E-state index >= 15 is 0 Å². The Kier molecular flexibility index (Phi) is 58.3. The van der Waals surface area contributed by atoms with Crippen LogP contribution in [0.5, 0.6) is 0 Å². The molecule has 0 aromatic carbocycles. The second-order valence-electron chi connectivity index (χ2n) is 25.0. The van der Waals surface area contributed by atoms with Crippen LogP contribution in [0.4, 0.5) is 0 Å². The molecule has 1 saturated heterocycles. The fourth-order valence-corrected chi connectivity index (χ4v) is 11.7. The molecule has 0 aliphatic carbocycles. The van der Waals surface area contributed by atoms with E-state index in [4.69, 9.17) is 9.47 Å². The molecular formula is C71H137NO8. The van der Waals surface area contributed by atoms with Gasteiger partial charge in [-0.25, -0.2) is 0 Å². The van der Waals surface area contributed by atoms with E-state index in [9.17, 15) is 30.3 Å². The zero-order valence-electron chi connectivity index (χ0n) is 53.1. The summed E-state index contributed by atoms with van der Waals surface area (Å²) in [5, 5.41) is 55.0. The van der Waals surface area contributed by atoms with Crippen LogP contribution >= 0.6 is 0 Å². The number of ether oxygens (including phenoxy) is 2. The number of aliphatic hydroxyl groups excluding tert-OH is 5. The molecule has 0 bridgehead atoms. The molecule has 1 aliphatic heterocycles. The smallest absolute Gasteiger partial charge is 0.220 e. The van der Waals surface area contributed by atoms with E-state index in [0.717, 1.165) is 44.9 Å². The predicted molar refractivity (Wildman–Crippen MR) is 341 cm³/mol. The number of hydrogen-bond acceptors (Lipinski definition) is 8. The van der Waals surface area contributed by atoms with Crippen molar-refractivity contribution in [3.8, 4) is 0 Å². The quantitative estimate of drug-likeness (QED) is 0.0261. The van der Waals surface area contributed by atoms with Gasteiger partial charge in [0.1, 0.15) is 24.4 Å². The highest BCUT2D eigenvalue weighted by Gasteiger charge is 2.44. The molecule has 0 radical (unpaired) electrons. The van der Waals surface area contributed by atoms with Crippen molar-refractivity contribution in [1.29, 1.82) is 0 Å². The van der Waals surface area contributed by atoms with E-state index in [0.29, 0.717) is 12.8 Å². The number of carbonyl (C=O) groups excluding carboxylic acids is 1. The Morgan fingerprint density at radius 3 is 1.07 bits per heavy atom. The van der Waals surface area contributed by atoms with E-state index in [1.54, 1.807) is 0 Å². The molecule has 6 N–H and O–H groups in total. The standard InChI is InChI=1S/C71H137NO8/c1-3-5-7-9-11-13-15-17-19-21-23-25-27-29-31-32-33-35-36-38-40-42-44-46-48-50-52-54-56-58-60-65(74)64(63-79-71-70(78)69(77)68(76)66(62-73)80-71)72-67(75)61-59-57-55-53-51-49-47-45-43-41-39-37-34-30-28-26-24-22-20-18-16-14-12-10-8-6-4-2/h16,18,22,24,64-66,68-71,73-74,76-78H,3-15,17,19-21,23,25-63H2,1-2H3,(H,72,75)/b18-16-,24-22-. The number of hydrogen-bond donors (Lipinski definition) is 6. The van der Waals surface area contributed by atoms with Crippen molar-refractivity contribution in [3.05, 3.63) is 24.3 Å². The maximum atomic E-state index is 13.2. The molecule has 9 nitrogen and oxygen atoms in total. The van der Waals surface area contributed by atoms with Crippen LogP contribution in [0.3, 0.4) is 0 Å². The van der Waals surface area contributed by atoms with Crippen molar-refractivity contribution in [2.75, 3.05) is 13.2 Å². The molecule has 1 aliphatic rings. The van der Waals surface area contributed by atoms with Crippen molar-refractivity contribution >= 4 is 5.91 Å². The minimum absolute atomic E-state index is 0.134. The first-order valence-electron chi connectivity index (χ1n) is 35.5. The van der Waals surface area contributed by atoms with E-state index < -0.39 is 49.5 Å². The number of allylic oxidation sites excluding steroid dienone is 4. The van der Waals surface area contributed by atoms with Crippen molar-refractivity contribution < 1.29 is 39.8 Å². The topological polar surface area (TPSA) is 149 Å². The van der Waals surface area contributed by atoms with Crippen LogP contribution in [0.15, 0.2) is 24.3 Å². The van der Waals surface area contributed by atoms with Gasteiger partial charge in [-0.15, -0.1) is 0 Å².